The average Bonchev–Trinajstić information content (AvgIpc) is 2.68. The van der Waals surface area contributed by atoms with Gasteiger partial charge in [0.2, 0.25) is 0 Å². The molecule has 5 nitrogen and oxygen atoms in total. The highest BCUT2D eigenvalue weighted by atomic mass is 16.2. The van der Waals surface area contributed by atoms with Crippen molar-refractivity contribution in [1.29, 1.82) is 5.26 Å². The molecule has 3 amide bonds. The summed E-state index contributed by atoms with van der Waals surface area (Å²) in [5.74, 6) is -0.119. The lowest BCUT2D eigenvalue weighted by Gasteiger charge is -2.14. The Morgan fingerprint density at radius 2 is 1.95 bits per heavy atom. The molecule has 19 heavy (non-hydrogen) atoms. The van der Waals surface area contributed by atoms with Gasteiger partial charge in [0.25, 0.3) is 5.91 Å². The maximum Gasteiger partial charge on any atom is 0.325 e. The molecule has 1 atom stereocenters. The largest absolute Gasteiger partial charge is 0.326 e. The number of urea groups is 1. The van der Waals surface area contributed by atoms with E-state index >= 15 is 0 Å². The first-order valence-corrected chi connectivity index (χ1v) is 6.14. The number of nitriles is 1. The molecule has 0 unspecified atom stereocenters. The molecule has 0 radical (unpaired) electrons. The highest BCUT2D eigenvalue weighted by molar-refractivity contribution is 6.04. The van der Waals surface area contributed by atoms with Crippen molar-refractivity contribution in [1.82, 2.24) is 10.2 Å². The number of rotatable bonds is 3. The Morgan fingerprint density at radius 1 is 1.32 bits per heavy atom. The normalized spacial score (nSPS) is 18.6. The molecule has 1 saturated heterocycles. The summed E-state index contributed by atoms with van der Waals surface area (Å²) < 4.78 is 0. The summed E-state index contributed by atoms with van der Waals surface area (Å²) in [6.45, 7) is 4.03. The van der Waals surface area contributed by atoms with Crippen molar-refractivity contribution in [3.05, 3.63) is 35.4 Å². The van der Waals surface area contributed by atoms with Crippen LogP contribution in [0.3, 0.4) is 0 Å². The summed E-state index contributed by atoms with van der Waals surface area (Å²) in [5.41, 5.74) is 1.38. The first kappa shape index (κ1) is 13.1. The molecule has 1 aromatic rings. The fourth-order valence-electron chi connectivity index (χ4n) is 2.01. The molecular weight excluding hydrogens is 242 g/mol. The Balaban J connectivity index is 2.12. The molecule has 2 rings (SSSR count). The first-order valence-electron chi connectivity index (χ1n) is 6.14. The number of carbonyl (C=O) groups excluding carboxylic acids is 2. The molecule has 1 aliphatic heterocycles. The van der Waals surface area contributed by atoms with Gasteiger partial charge in [-0.05, 0) is 23.6 Å². The van der Waals surface area contributed by atoms with Crippen molar-refractivity contribution in [3.63, 3.8) is 0 Å². The summed E-state index contributed by atoms with van der Waals surface area (Å²) in [6.07, 6.45) is 0. The van der Waals surface area contributed by atoms with E-state index in [2.05, 4.69) is 5.32 Å². The van der Waals surface area contributed by atoms with Gasteiger partial charge in [-0.15, -0.1) is 0 Å². The third-order valence-electron chi connectivity index (χ3n) is 3.15. The molecule has 0 saturated carbocycles. The molecular formula is C14H15N3O2. The van der Waals surface area contributed by atoms with Gasteiger partial charge < -0.3 is 5.32 Å². The van der Waals surface area contributed by atoms with Crippen LogP contribution in [0.2, 0.25) is 0 Å². The van der Waals surface area contributed by atoms with Crippen LogP contribution in [0.15, 0.2) is 24.3 Å². The molecule has 1 aliphatic rings. The summed E-state index contributed by atoms with van der Waals surface area (Å²) in [5, 5.41) is 11.4. The number of imide groups is 1. The second-order valence-corrected chi connectivity index (χ2v) is 4.90. The van der Waals surface area contributed by atoms with Crippen molar-refractivity contribution in [2.75, 3.05) is 0 Å². The van der Waals surface area contributed by atoms with E-state index in [0.717, 1.165) is 5.56 Å². The maximum atomic E-state index is 12.1. The minimum atomic E-state index is -0.439. The molecule has 98 valence electrons. The lowest BCUT2D eigenvalue weighted by atomic mass is 10.0. The molecule has 1 N–H and O–H groups in total. The highest BCUT2D eigenvalue weighted by Gasteiger charge is 2.39. The number of nitrogens with zero attached hydrogens (tertiary/aromatic N) is 2. The maximum absolute atomic E-state index is 12.1. The zero-order valence-corrected chi connectivity index (χ0v) is 10.9. The van der Waals surface area contributed by atoms with Gasteiger partial charge >= 0.3 is 6.03 Å². The second-order valence-electron chi connectivity index (χ2n) is 4.90. The number of carbonyl (C=O) groups is 2. The van der Waals surface area contributed by atoms with Gasteiger partial charge in [0.15, 0.2) is 0 Å². The van der Waals surface area contributed by atoms with Crippen LogP contribution in [-0.4, -0.2) is 22.9 Å². The van der Waals surface area contributed by atoms with Crippen molar-refractivity contribution in [3.8, 4) is 6.07 Å². The fraction of sp³-hybridized carbons (Fsp3) is 0.357. The number of hydrogen-bond acceptors (Lipinski definition) is 3. The summed E-state index contributed by atoms with van der Waals surface area (Å²) in [7, 11) is 0. The minimum Gasteiger partial charge on any atom is -0.326 e. The molecule has 0 aliphatic carbocycles. The van der Waals surface area contributed by atoms with Crippen LogP contribution in [0.25, 0.3) is 0 Å². The van der Waals surface area contributed by atoms with Gasteiger partial charge in [-0.3, -0.25) is 9.69 Å². The van der Waals surface area contributed by atoms with Crippen molar-refractivity contribution >= 4 is 11.9 Å². The molecule has 1 aromatic carbocycles. The lowest BCUT2D eigenvalue weighted by molar-refractivity contribution is -0.128. The van der Waals surface area contributed by atoms with Crippen LogP contribution >= 0.6 is 0 Å². The number of benzene rings is 1. The molecule has 5 heteroatoms. The van der Waals surface area contributed by atoms with E-state index in [-0.39, 0.29) is 24.4 Å². The van der Waals surface area contributed by atoms with E-state index in [9.17, 15) is 9.59 Å². The van der Waals surface area contributed by atoms with Crippen molar-refractivity contribution in [2.24, 2.45) is 5.92 Å². The van der Waals surface area contributed by atoms with Crippen LogP contribution in [0.1, 0.15) is 25.0 Å². The monoisotopic (exact) mass is 257 g/mol. The second kappa shape index (κ2) is 5.11. The van der Waals surface area contributed by atoms with Gasteiger partial charge in [-0.25, -0.2) is 4.79 Å². The standard InChI is InChI=1S/C14H15N3O2/c1-9(2)12-13(18)17(14(19)16-12)8-11-5-3-10(7-15)4-6-11/h3-6,9,12H,8H2,1-2H3,(H,16,19)/t12-/m1/s1. The molecule has 0 spiro atoms. The van der Waals surface area contributed by atoms with E-state index in [1.54, 1.807) is 24.3 Å². The van der Waals surface area contributed by atoms with Crippen LogP contribution in [0.5, 0.6) is 0 Å². The predicted molar refractivity (Wildman–Crippen MR) is 68.9 cm³/mol. The Kier molecular flexibility index (Phi) is 3.52. The van der Waals surface area contributed by atoms with Crippen molar-refractivity contribution in [2.45, 2.75) is 26.4 Å². The van der Waals surface area contributed by atoms with Crippen molar-refractivity contribution < 1.29 is 9.59 Å². The number of amides is 3. The summed E-state index contributed by atoms with van der Waals surface area (Å²) >= 11 is 0. The average molecular weight is 257 g/mol. The van der Waals surface area contributed by atoms with E-state index in [1.165, 1.54) is 4.90 Å². The van der Waals surface area contributed by atoms with E-state index < -0.39 is 6.04 Å². The number of nitrogens with one attached hydrogen (secondary N) is 1. The quantitative estimate of drug-likeness (QED) is 0.836. The first-order chi connectivity index (χ1) is 9.02. The van der Waals surface area contributed by atoms with Gasteiger partial charge in [0.05, 0.1) is 18.2 Å². The Bertz CT molecular complexity index is 543. The van der Waals surface area contributed by atoms with E-state index in [1.807, 2.05) is 19.9 Å². The highest BCUT2D eigenvalue weighted by Crippen LogP contribution is 2.17. The lowest BCUT2D eigenvalue weighted by Crippen LogP contribution is -2.34. The molecule has 1 heterocycles. The van der Waals surface area contributed by atoms with Gasteiger partial charge in [-0.1, -0.05) is 26.0 Å². The summed E-state index contributed by atoms with van der Waals surface area (Å²) in [6, 6.07) is 8.09. The Labute approximate surface area is 111 Å². The molecule has 0 bridgehead atoms. The fourth-order valence-corrected chi connectivity index (χ4v) is 2.01. The van der Waals surface area contributed by atoms with Crippen LogP contribution in [0, 0.1) is 17.2 Å². The molecule has 1 fully saturated rings. The Morgan fingerprint density at radius 3 is 2.42 bits per heavy atom. The topological polar surface area (TPSA) is 73.2 Å². The zero-order chi connectivity index (χ0) is 14.0. The van der Waals surface area contributed by atoms with Gasteiger partial charge in [0, 0.05) is 0 Å². The molecule has 0 aromatic heterocycles. The minimum absolute atomic E-state index is 0.0717. The SMILES string of the molecule is CC(C)[C@H]1NC(=O)N(Cc2ccc(C#N)cc2)C1=O. The van der Waals surface area contributed by atoms with Gasteiger partial charge in [-0.2, -0.15) is 5.26 Å². The summed E-state index contributed by atoms with van der Waals surface area (Å²) in [4.78, 5) is 25.1. The van der Waals surface area contributed by atoms with Crippen LogP contribution < -0.4 is 5.32 Å². The third kappa shape index (κ3) is 2.58. The third-order valence-corrected chi connectivity index (χ3v) is 3.15. The smallest absolute Gasteiger partial charge is 0.325 e. The van der Waals surface area contributed by atoms with Crippen LogP contribution in [-0.2, 0) is 11.3 Å². The number of hydrogen-bond donors (Lipinski definition) is 1. The van der Waals surface area contributed by atoms with E-state index in [0.29, 0.717) is 5.56 Å². The van der Waals surface area contributed by atoms with Crippen LogP contribution in [0.4, 0.5) is 4.79 Å². The van der Waals surface area contributed by atoms with E-state index in [4.69, 9.17) is 5.26 Å². The zero-order valence-electron chi connectivity index (χ0n) is 10.9. The predicted octanol–water partition coefficient (Wildman–Crippen LogP) is 1.63. The van der Waals surface area contributed by atoms with Gasteiger partial charge in [0.1, 0.15) is 6.04 Å². The Hall–Kier alpha value is -2.35.